The quantitative estimate of drug-likeness (QED) is 0.536. The van der Waals surface area contributed by atoms with E-state index >= 15 is 0 Å². The van der Waals surface area contributed by atoms with Crippen LogP contribution in [0.5, 0.6) is 0 Å². The largest absolute Gasteiger partial charge is 0.556 e. The van der Waals surface area contributed by atoms with Crippen LogP contribution in [0.25, 0.3) is 0 Å². The van der Waals surface area contributed by atoms with Gasteiger partial charge in [0.05, 0.1) is 26.8 Å². The summed E-state index contributed by atoms with van der Waals surface area (Å²) in [5.41, 5.74) is 0. The van der Waals surface area contributed by atoms with Crippen LogP contribution >= 0.6 is 0 Å². The van der Waals surface area contributed by atoms with Crippen molar-refractivity contribution >= 4 is 18.7 Å². The van der Waals surface area contributed by atoms with Crippen LogP contribution < -0.4 is 10.4 Å². The molecule has 1 fully saturated rings. The zero-order chi connectivity index (χ0) is 21.2. The van der Waals surface area contributed by atoms with Crippen molar-refractivity contribution in [1.29, 1.82) is 0 Å². The van der Waals surface area contributed by atoms with E-state index in [1.165, 1.54) is 22.8 Å². The highest BCUT2D eigenvalue weighted by Gasteiger charge is 2.39. The lowest BCUT2D eigenvalue weighted by Crippen LogP contribution is -2.67. The van der Waals surface area contributed by atoms with Crippen LogP contribution in [0.2, 0.25) is 5.04 Å². The maximum atomic E-state index is 13.4. The maximum absolute atomic E-state index is 13.4. The van der Waals surface area contributed by atoms with E-state index in [1.54, 1.807) is 4.68 Å². The van der Waals surface area contributed by atoms with Crippen LogP contribution in [-0.4, -0.2) is 24.2 Å². The van der Waals surface area contributed by atoms with Crippen molar-refractivity contribution in [3.05, 3.63) is 78.9 Å². The monoisotopic (exact) mass is 422 g/mol. The third-order valence-corrected chi connectivity index (χ3v) is 11.4. The van der Waals surface area contributed by atoms with E-state index in [0.29, 0.717) is 0 Å². The minimum atomic E-state index is -2.52. The van der Waals surface area contributed by atoms with Crippen molar-refractivity contribution in [3.63, 3.8) is 0 Å². The number of rotatable bonds is 5. The lowest BCUT2D eigenvalue weighted by molar-refractivity contribution is 0.120. The predicted molar refractivity (Wildman–Crippen MR) is 122 cm³/mol. The number of nitrogens with zero attached hydrogens (tertiary/aromatic N) is 2. The molecular formula is C25H31FN2OSi-. The summed E-state index contributed by atoms with van der Waals surface area (Å²) < 4.78 is 22.4. The summed E-state index contributed by atoms with van der Waals surface area (Å²) in [6.45, 7) is 6.95. The van der Waals surface area contributed by atoms with E-state index in [1.807, 2.05) is 0 Å². The van der Waals surface area contributed by atoms with Gasteiger partial charge in [-0.25, -0.2) is 4.39 Å². The standard InChI is InChI=1S/C25H31FN2OSi/c1-25(2,3)30(23-10-6-4-7-11-23,24-12-8-5-9-13-24)29-22-16-14-21(15-17-22)28-19-20(26)18-27-28/h4-13,18-19,21-22H,14-17H2,1-3H3/q-1. The molecule has 0 radical (unpaired) electrons. The van der Waals surface area contributed by atoms with E-state index in [0.717, 1.165) is 25.7 Å². The topological polar surface area (TPSA) is 27.1 Å². The van der Waals surface area contributed by atoms with Crippen LogP contribution in [0.4, 0.5) is 4.39 Å². The molecule has 2 aromatic carbocycles. The van der Waals surface area contributed by atoms with Crippen molar-refractivity contribution in [1.82, 2.24) is 9.78 Å². The highest BCUT2D eigenvalue weighted by molar-refractivity contribution is 6.99. The summed E-state index contributed by atoms with van der Waals surface area (Å²) in [4.78, 5) is 0. The number of halogens is 1. The molecule has 1 saturated carbocycles. The molecule has 1 aromatic heterocycles. The molecule has 0 saturated heterocycles. The van der Waals surface area contributed by atoms with Gasteiger partial charge >= 0.3 is 0 Å². The van der Waals surface area contributed by atoms with Gasteiger partial charge in [-0.3, -0.25) is 4.68 Å². The van der Waals surface area contributed by atoms with E-state index in [-0.39, 0.29) is 23.0 Å². The summed E-state index contributed by atoms with van der Waals surface area (Å²) in [5, 5.41) is 6.81. The van der Waals surface area contributed by atoms with Crippen LogP contribution in [0, 0.1) is 5.82 Å². The van der Waals surface area contributed by atoms with Crippen molar-refractivity contribution in [2.24, 2.45) is 0 Å². The normalized spacial score (nSPS) is 20.3. The Morgan fingerprint density at radius 1 is 0.900 bits per heavy atom. The van der Waals surface area contributed by atoms with Gasteiger partial charge in [0.25, 0.3) is 0 Å². The van der Waals surface area contributed by atoms with Gasteiger partial charge in [0.15, 0.2) is 5.82 Å². The first kappa shape index (κ1) is 21.0. The lowest BCUT2D eigenvalue weighted by Gasteiger charge is -2.58. The van der Waals surface area contributed by atoms with Crippen molar-refractivity contribution < 1.29 is 8.82 Å². The first-order valence-corrected chi connectivity index (χ1v) is 12.8. The van der Waals surface area contributed by atoms with Gasteiger partial charge in [-0.1, -0.05) is 81.4 Å². The molecule has 1 aliphatic rings. The Balaban J connectivity index is 1.64. The summed E-state index contributed by atoms with van der Waals surface area (Å²) in [6, 6.07) is 21.9. The van der Waals surface area contributed by atoms with Gasteiger partial charge < -0.3 is 4.43 Å². The fraction of sp³-hybridized carbons (Fsp3) is 0.400. The molecule has 0 bridgehead atoms. The second kappa shape index (κ2) is 8.48. The maximum Gasteiger partial charge on any atom is 0.161 e. The molecule has 0 N–H and O–H groups in total. The summed E-state index contributed by atoms with van der Waals surface area (Å²) in [5.74, 6) is -0.263. The third kappa shape index (κ3) is 4.01. The molecule has 0 aliphatic heterocycles. The average Bonchev–Trinajstić information content (AvgIpc) is 3.19. The smallest absolute Gasteiger partial charge is 0.161 e. The molecule has 30 heavy (non-hydrogen) atoms. The van der Waals surface area contributed by atoms with Gasteiger partial charge in [0.1, 0.15) is 0 Å². The van der Waals surface area contributed by atoms with E-state index in [4.69, 9.17) is 4.43 Å². The summed E-state index contributed by atoms with van der Waals surface area (Å²) in [7, 11) is -2.52. The molecule has 1 aliphatic carbocycles. The van der Waals surface area contributed by atoms with Crippen molar-refractivity contribution in [2.75, 3.05) is 0 Å². The van der Waals surface area contributed by atoms with Crippen LogP contribution in [0.1, 0.15) is 52.5 Å². The zero-order valence-electron chi connectivity index (χ0n) is 18.1. The van der Waals surface area contributed by atoms with Gasteiger partial charge in [-0.2, -0.15) is 15.5 Å². The third-order valence-electron chi connectivity index (χ3n) is 6.35. The highest BCUT2D eigenvalue weighted by atomic mass is 28.4. The fourth-order valence-corrected chi connectivity index (χ4v) is 9.63. The van der Waals surface area contributed by atoms with Crippen LogP contribution in [-0.2, 0) is 4.43 Å². The van der Waals surface area contributed by atoms with Gasteiger partial charge in [-0.15, -0.1) is 5.04 Å². The molecular weight excluding hydrogens is 391 g/mol. The SMILES string of the molecule is CC(C)(C)[Si-](OC1CCC(n2cc(F)cn2)CC1)(c1ccccc1)c1ccccc1. The lowest BCUT2D eigenvalue weighted by atomic mass is 9.93. The molecule has 3 aromatic rings. The van der Waals surface area contributed by atoms with Gasteiger partial charge in [0.2, 0.25) is 0 Å². The van der Waals surface area contributed by atoms with Gasteiger partial charge in [-0.05, 0) is 25.7 Å². The molecule has 0 atom stereocenters. The van der Waals surface area contributed by atoms with E-state index in [9.17, 15) is 4.39 Å². The average molecular weight is 423 g/mol. The number of hydrogen-bond acceptors (Lipinski definition) is 2. The van der Waals surface area contributed by atoms with Crippen LogP contribution in [0.15, 0.2) is 73.1 Å². The Hall–Kier alpha value is -2.24. The molecule has 0 amide bonds. The first-order chi connectivity index (χ1) is 14.4. The Kier molecular flexibility index (Phi) is 5.94. The fourth-order valence-electron chi connectivity index (χ4n) is 4.88. The Morgan fingerprint density at radius 2 is 1.43 bits per heavy atom. The molecule has 0 unspecified atom stereocenters. The highest BCUT2D eigenvalue weighted by Crippen LogP contribution is 2.40. The second-order valence-electron chi connectivity index (χ2n) is 9.35. The van der Waals surface area contributed by atoms with Crippen molar-refractivity contribution in [2.45, 2.75) is 63.6 Å². The summed E-state index contributed by atoms with van der Waals surface area (Å²) >= 11 is 0. The minimum Gasteiger partial charge on any atom is -0.556 e. The van der Waals surface area contributed by atoms with E-state index in [2.05, 4.69) is 86.5 Å². The second-order valence-corrected chi connectivity index (χ2v) is 13.6. The number of benzene rings is 2. The number of hydrogen-bond donors (Lipinski definition) is 0. The Labute approximate surface area is 180 Å². The molecule has 3 nitrogen and oxygen atoms in total. The molecule has 5 heteroatoms. The predicted octanol–water partition coefficient (Wildman–Crippen LogP) is 5.08. The Bertz CT molecular complexity index is 905. The molecule has 1 heterocycles. The number of aromatic nitrogens is 2. The van der Waals surface area contributed by atoms with E-state index < -0.39 is 8.32 Å². The summed E-state index contributed by atoms with van der Waals surface area (Å²) in [6.07, 6.45) is 6.87. The molecule has 0 spiro atoms. The van der Waals surface area contributed by atoms with Gasteiger partial charge in [0, 0.05) is 6.10 Å². The van der Waals surface area contributed by atoms with Crippen molar-refractivity contribution in [3.8, 4) is 0 Å². The molecule has 4 rings (SSSR count). The van der Waals surface area contributed by atoms with Crippen LogP contribution in [0.3, 0.4) is 0 Å². The Morgan fingerprint density at radius 3 is 1.87 bits per heavy atom. The minimum absolute atomic E-state index is 0.0162. The zero-order valence-corrected chi connectivity index (χ0v) is 19.1. The molecule has 159 valence electrons. The first-order valence-electron chi connectivity index (χ1n) is 10.9.